The molecule has 0 amide bonds. The van der Waals surface area contributed by atoms with Crippen molar-refractivity contribution in [1.82, 2.24) is 0 Å². The number of anilines is 3. The lowest BCUT2D eigenvalue weighted by molar-refractivity contribution is 0.332. The van der Waals surface area contributed by atoms with Gasteiger partial charge in [-0.1, -0.05) is 124 Å². The van der Waals surface area contributed by atoms with Crippen molar-refractivity contribution in [2.45, 2.75) is 148 Å². The van der Waals surface area contributed by atoms with Gasteiger partial charge in [0, 0.05) is 22.4 Å². The summed E-state index contributed by atoms with van der Waals surface area (Å²) >= 11 is 0. The second-order valence-electron chi connectivity index (χ2n) is 20.6. The molecule has 0 atom stereocenters. The normalized spacial score (nSPS) is 20.6. The SMILES string of the molecule is CC1(C)CCC(C)(C)c2cc(N(c3ccc4c(c3)C(C)(C)CCC4(C)C)c3cc4c(cc3-c3cccc5c3CCCC5)-c3ccccc3C4(C)C)ccc21. The van der Waals surface area contributed by atoms with Gasteiger partial charge in [-0.2, -0.15) is 0 Å². The summed E-state index contributed by atoms with van der Waals surface area (Å²) in [6, 6.07) is 36.5. The average molecular weight is 712 g/mol. The molecule has 54 heavy (non-hydrogen) atoms. The summed E-state index contributed by atoms with van der Waals surface area (Å²) in [6.45, 7) is 24.5. The Bertz CT molecular complexity index is 2240. The molecule has 9 rings (SSSR count). The van der Waals surface area contributed by atoms with Gasteiger partial charge in [0.05, 0.1) is 5.69 Å². The van der Waals surface area contributed by atoms with E-state index in [0.29, 0.717) is 0 Å². The fraction of sp³-hybridized carbons (Fsp3) is 0.434. The van der Waals surface area contributed by atoms with E-state index >= 15 is 0 Å². The zero-order valence-corrected chi connectivity index (χ0v) is 34.8. The maximum Gasteiger partial charge on any atom is 0.0543 e. The molecule has 0 unspecified atom stereocenters. The van der Waals surface area contributed by atoms with Crippen LogP contribution < -0.4 is 4.90 Å². The second kappa shape index (κ2) is 11.9. The highest BCUT2D eigenvalue weighted by Crippen LogP contribution is 2.56. The maximum absolute atomic E-state index is 2.67. The minimum absolute atomic E-state index is 0.106. The summed E-state index contributed by atoms with van der Waals surface area (Å²) in [5, 5.41) is 0. The van der Waals surface area contributed by atoms with E-state index in [1.165, 1.54) is 123 Å². The summed E-state index contributed by atoms with van der Waals surface area (Å²) in [5.41, 5.74) is 21.8. The van der Waals surface area contributed by atoms with Crippen LogP contribution in [0.25, 0.3) is 22.3 Å². The highest BCUT2D eigenvalue weighted by Gasteiger charge is 2.41. The molecule has 0 aromatic heterocycles. The van der Waals surface area contributed by atoms with Gasteiger partial charge in [-0.05, 0) is 171 Å². The minimum Gasteiger partial charge on any atom is -0.310 e. The predicted molar refractivity (Wildman–Crippen MR) is 231 cm³/mol. The lowest BCUT2D eigenvalue weighted by Crippen LogP contribution is -2.34. The van der Waals surface area contributed by atoms with E-state index in [9.17, 15) is 0 Å². The number of fused-ring (bicyclic) bond motifs is 6. The van der Waals surface area contributed by atoms with Crippen LogP contribution >= 0.6 is 0 Å². The van der Waals surface area contributed by atoms with Gasteiger partial charge in [0.15, 0.2) is 0 Å². The smallest absolute Gasteiger partial charge is 0.0543 e. The van der Waals surface area contributed by atoms with Crippen LogP contribution in [0.1, 0.15) is 152 Å². The Morgan fingerprint density at radius 1 is 0.407 bits per heavy atom. The number of rotatable bonds is 4. The molecule has 0 saturated carbocycles. The van der Waals surface area contributed by atoms with E-state index in [4.69, 9.17) is 0 Å². The van der Waals surface area contributed by atoms with Crippen LogP contribution in [0.3, 0.4) is 0 Å². The molecule has 0 fully saturated rings. The van der Waals surface area contributed by atoms with Crippen LogP contribution in [0.4, 0.5) is 17.1 Å². The lowest BCUT2D eigenvalue weighted by atomic mass is 9.63. The fourth-order valence-electron chi connectivity index (χ4n) is 11.0. The third kappa shape index (κ3) is 5.38. The van der Waals surface area contributed by atoms with Gasteiger partial charge in [-0.3, -0.25) is 0 Å². The van der Waals surface area contributed by atoms with Crippen molar-refractivity contribution in [1.29, 1.82) is 0 Å². The fourth-order valence-corrected chi connectivity index (χ4v) is 11.0. The van der Waals surface area contributed by atoms with Gasteiger partial charge in [0.1, 0.15) is 0 Å². The molecule has 0 spiro atoms. The number of nitrogens with zero attached hydrogens (tertiary/aromatic N) is 1. The number of aryl methyl sites for hydroxylation is 1. The Morgan fingerprint density at radius 3 is 1.56 bits per heavy atom. The molecule has 0 heterocycles. The van der Waals surface area contributed by atoms with Crippen molar-refractivity contribution in [3.05, 3.63) is 136 Å². The van der Waals surface area contributed by atoms with Crippen LogP contribution in [0.5, 0.6) is 0 Å². The topological polar surface area (TPSA) is 3.24 Å². The molecule has 0 saturated heterocycles. The standard InChI is InChI=1S/C53H61N/c1-49(2)26-28-51(5,6)46-30-35(22-24-43(46)49)54(36-23-25-44-47(31-36)52(7,8)29-27-50(44,3)4)48-33-45-40(39-19-13-14-21-42(39)53(45,9)10)32-41(48)38-20-15-17-34-16-11-12-18-37(34)38/h13-15,17,19-25,30-33H,11-12,16,18,26-29H2,1-10H3. The molecule has 0 N–H and O–H groups in total. The van der Waals surface area contributed by atoms with Crippen molar-refractivity contribution >= 4 is 17.1 Å². The number of hydrogen-bond acceptors (Lipinski definition) is 1. The highest BCUT2D eigenvalue weighted by atomic mass is 15.1. The molecule has 278 valence electrons. The third-order valence-corrected chi connectivity index (χ3v) is 14.8. The first-order valence-electron chi connectivity index (χ1n) is 21.0. The molecule has 1 nitrogen and oxygen atoms in total. The third-order valence-electron chi connectivity index (χ3n) is 14.8. The molecule has 0 radical (unpaired) electrons. The van der Waals surface area contributed by atoms with Gasteiger partial charge in [0.2, 0.25) is 0 Å². The first-order valence-corrected chi connectivity index (χ1v) is 21.0. The molecular formula is C53H61N. The van der Waals surface area contributed by atoms with Gasteiger partial charge in [-0.25, -0.2) is 0 Å². The first-order chi connectivity index (χ1) is 25.5. The summed E-state index contributed by atoms with van der Waals surface area (Å²) in [6.07, 6.45) is 9.70. The Labute approximate surface area is 326 Å². The number of benzene rings is 5. The van der Waals surface area contributed by atoms with Crippen LogP contribution in [-0.4, -0.2) is 0 Å². The van der Waals surface area contributed by atoms with Crippen LogP contribution in [0.15, 0.2) is 91.0 Å². The Hall–Kier alpha value is -4.10. The highest BCUT2D eigenvalue weighted by molar-refractivity contribution is 5.96. The molecule has 5 aromatic carbocycles. The molecule has 0 aliphatic heterocycles. The van der Waals surface area contributed by atoms with Crippen molar-refractivity contribution in [2.24, 2.45) is 0 Å². The van der Waals surface area contributed by atoms with Crippen LogP contribution in [-0.2, 0) is 39.9 Å². The molecule has 4 aliphatic carbocycles. The molecule has 5 aromatic rings. The predicted octanol–water partition coefficient (Wildman–Crippen LogP) is 14.7. The lowest BCUT2D eigenvalue weighted by Gasteiger charge is -2.43. The quantitative estimate of drug-likeness (QED) is 0.179. The summed E-state index contributed by atoms with van der Waals surface area (Å²) in [5.74, 6) is 0. The van der Waals surface area contributed by atoms with Gasteiger partial charge < -0.3 is 4.90 Å². The van der Waals surface area contributed by atoms with Crippen LogP contribution in [0, 0.1) is 0 Å². The molecule has 0 bridgehead atoms. The molecular weight excluding hydrogens is 651 g/mol. The molecule has 1 heteroatoms. The number of hydrogen-bond donors (Lipinski definition) is 0. The summed E-state index contributed by atoms with van der Waals surface area (Å²) in [7, 11) is 0. The Morgan fingerprint density at radius 2 is 0.944 bits per heavy atom. The van der Waals surface area contributed by atoms with E-state index < -0.39 is 0 Å². The van der Waals surface area contributed by atoms with Gasteiger partial charge >= 0.3 is 0 Å². The van der Waals surface area contributed by atoms with Gasteiger partial charge in [-0.15, -0.1) is 0 Å². The van der Waals surface area contributed by atoms with E-state index in [1.54, 1.807) is 5.56 Å². The van der Waals surface area contributed by atoms with Crippen molar-refractivity contribution in [2.75, 3.05) is 4.90 Å². The van der Waals surface area contributed by atoms with Crippen molar-refractivity contribution < 1.29 is 0 Å². The van der Waals surface area contributed by atoms with Crippen LogP contribution in [0.2, 0.25) is 0 Å². The monoisotopic (exact) mass is 711 g/mol. The van der Waals surface area contributed by atoms with Crippen molar-refractivity contribution in [3.63, 3.8) is 0 Å². The summed E-state index contributed by atoms with van der Waals surface area (Å²) < 4.78 is 0. The van der Waals surface area contributed by atoms with Crippen molar-refractivity contribution in [3.8, 4) is 22.3 Å². The Balaban J connectivity index is 1.38. The second-order valence-corrected chi connectivity index (χ2v) is 20.6. The van der Waals surface area contributed by atoms with E-state index in [0.717, 1.165) is 6.42 Å². The van der Waals surface area contributed by atoms with Gasteiger partial charge in [0.25, 0.3) is 0 Å². The largest absolute Gasteiger partial charge is 0.310 e. The summed E-state index contributed by atoms with van der Waals surface area (Å²) in [4.78, 5) is 2.67. The zero-order chi connectivity index (χ0) is 38.0. The average Bonchev–Trinajstić information content (AvgIpc) is 3.37. The zero-order valence-electron chi connectivity index (χ0n) is 34.8. The first kappa shape index (κ1) is 35.6. The Kier molecular flexibility index (Phi) is 7.88. The van der Waals surface area contributed by atoms with E-state index in [1.807, 2.05) is 0 Å². The minimum atomic E-state index is -0.106. The maximum atomic E-state index is 2.67. The molecule has 4 aliphatic rings. The van der Waals surface area contributed by atoms with E-state index in [-0.39, 0.29) is 27.1 Å². The van der Waals surface area contributed by atoms with E-state index in [2.05, 4.69) is 165 Å².